The van der Waals surface area contributed by atoms with Gasteiger partial charge < -0.3 is 4.90 Å². The minimum atomic E-state index is -0.0819. The molecule has 3 nitrogen and oxygen atoms in total. The minimum absolute atomic E-state index is 0.0363. The zero-order chi connectivity index (χ0) is 14.7. The lowest BCUT2D eigenvalue weighted by molar-refractivity contribution is -0.129. The zero-order valence-electron chi connectivity index (χ0n) is 13.1. The Labute approximate surface area is 122 Å². The van der Waals surface area contributed by atoms with E-state index in [0.717, 1.165) is 13.0 Å². The molecule has 0 bridgehead atoms. The van der Waals surface area contributed by atoms with E-state index in [4.69, 9.17) is 0 Å². The molecule has 20 heavy (non-hydrogen) atoms. The van der Waals surface area contributed by atoms with Gasteiger partial charge in [0.25, 0.3) is 0 Å². The molecule has 110 valence electrons. The zero-order valence-corrected chi connectivity index (χ0v) is 13.1. The highest BCUT2D eigenvalue weighted by Gasteiger charge is 2.37. The summed E-state index contributed by atoms with van der Waals surface area (Å²) in [6.45, 7) is 9.22. The van der Waals surface area contributed by atoms with Crippen LogP contribution >= 0.6 is 0 Å². The summed E-state index contributed by atoms with van der Waals surface area (Å²) in [6, 6.07) is 6.39. The molecule has 1 aromatic rings. The average molecular weight is 274 g/mol. The Morgan fingerprint density at radius 1 is 1.25 bits per heavy atom. The molecule has 0 radical (unpaired) electrons. The van der Waals surface area contributed by atoms with Crippen molar-refractivity contribution in [3.05, 3.63) is 34.9 Å². The lowest BCUT2D eigenvalue weighted by Crippen LogP contribution is -2.32. The summed E-state index contributed by atoms with van der Waals surface area (Å²) in [5.41, 5.74) is 3.72. The van der Waals surface area contributed by atoms with Crippen molar-refractivity contribution in [1.29, 1.82) is 0 Å². The van der Waals surface area contributed by atoms with Crippen LogP contribution in [0.25, 0.3) is 0 Å². The van der Waals surface area contributed by atoms with Crippen molar-refractivity contribution in [1.82, 2.24) is 10.2 Å². The van der Waals surface area contributed by atoms with Crippen molar-refractivity contribution in [3.8, 4) is 0 Å². The van der Waals surface area contributed by atoms with Crippen LogP contribution in [-0.2, 0) is 4.79 Å². The summed E-state index contributed by atoms with van der Waals surface area (Å²) < 4.78 is 0. The molecule has 1 amide bonds. The fraction of sp³-hybridized carbons (Fsp3) is 0.588. The van der Waals surface area contributed by atoms with Crippen LogP contribution in [0.3, 0.4) is 0 Å². The van der Waals surface area contributed by atoms with E-state index in [-0.39, 0.29) is 18.1 Å². The quantitative estimate of drug-likeness (QED) is 0.835. The second kappa shape index (κ2) is 6.40. The summed E-state index contributed by atoms with van der Waals surface area (Å²) in [7, 11) is 0. The lowest BCUT2D eigenvalue weighted by Gasteiger charge is -2.26. The number of unbranched alkanes of at least 4 members (excludes halogenated alkanes) is 2. The molecule has 2 rings (SSSR count). The highest BCUT2D eigenvalue weighted by molar-refractivity contribution is 5.84. The molecule has 1 N–H and O–H groups in total. The maximum Gasteiger partial charge on any atom is 0.241 e. The van der Waals surface area contributed by atoms with Crippen LogP contribution < -0.4 is 5.32 Å². The maximum atomic E-state index is 12.3. The van der Waals surface area contributed by atoms with Crippen molar-refractivity contribution < 1.29 is 4.79 Å². The van der Waals surface area contributed by atoms with E-state index >= 15 is 0 Å². The van der Waals surface area contributed by atoms with Gasteiger partial charge in [-0.1, -0.05) is 43.5 Å². The van der Waals surface area contributed by atoms with E-state index in [1.54, 1.807) is 0 Å². The average Bonchev–Trinajstić information content (AvgIpc) is 2.70. The molecule has 3 heteroatoms. The van der Waals surface area contributed by atoms with E-state index in [1.165, 1.54) is 29.5 Å². The molecule has 1 saturated heterocycles. The first-order chi connectivity index (χ1) is 9.54. The van der Waals surface area contributed by atoms with E-state index in [0.29, 0.717) is 0 Å². The SMILES string of the molecule is CCCCCN1C(=O)C(C)NC1c1cc(C)ccc1C. The molecule has 1 heterocycles. The van der Waals surface area contributed by atoms with Crippen LogP contribution in [0.15, 0.2) is 18.2 Å². The Balaban J connectivity index is 2.23. The van der Waals surface area contributed by atoms with Crippen LogP contribution in [0.5, 0.6) is 0 Å². The van der Waals surface area contributed by atoms with Crippen LogP contribution in [0.1, 0.15) is 56.0 Å². The van der Waals surface area contributed by atoms with Gasteiger partial charge in [-0.2, -0.15) is 0 Å². The third-order valence-corrected chi connectivity index (χ3v) is 4.10. The summed E-state index contributed by atoms with van der Waals surface area (Å²) in [6.07, 6.45) is 3.48. The van der Waals surface area contributed by atoms with E-state index in [2.05, 4.69) is 44.3 Å². The number of carbonyl (C=O) groups excluding carboxylic acids is 1. The van der Waals surface area contributed by atoms with E-state index in [1.807, 2.05) is 11.8 Å². The highest BCUT2D eigenvalue weighted by Crippen LogP contribution is 2.28. The summed E-state index contributed by atoms with van der Waals surface area (Å²) >= 11 is 0. The molecule has 2 atom stereocenters. The first kappa shape index (κ1) is 15.0. The number of rotatable bonds is 5. The smallest absolute Gasteiger partial charge is 0.241 e. The molecule has 1 fully saturated rings. The molecule has 0 spiro atoms. The molecule has 1 aliphatic rings. The Kier molecular flexibility index (Phi) is 4.81. The molecular formula is C17H26N2O. The van der Waals surface area contributed by atoms with E-state index in [9.17, 15) is 4.79 Å². The number of nitrogens with one attached hydrogen (secondary N) is 1. The molecule has 0 aromatic heterocycles. The Morgan fingerprint density at radius 3 is 2.70 bits per heavy atom. The standard InChI is InChI=1S/C17H26N2O/c1-5-6-7-10-19-16(18-14(4)17(19)20)15-11-12(2)8-9-13(15)3/h8-9,11,14,16,18H,5-7,10H2,1-4H3. The van der Waals surface area contributed by atoms with Gasteiger partial charge in [0.05, 0.1) is 6.04 Å². The predicted molar refractivity (Wildman–Crippen MR) is 82.5 cm³/mol. The summed E-state index contributed by atoms with van der Waals surface area (Å²) in [5, 5.41) is 3.44. The lowest BCUT2D eigenvalue weighted by atomic mass is 10.0. The number of amides is 1. The minimum Gasteiger partial charge on any atom is -0.322 e. The van der Waals surface area contributed by atoms with Crippen LogP contribution in [0, 0.1) is 13.8 Å². The molecule has 2 unspecified atom stereocenters. The van der Waals surface area contributed by atoms with Gasteiger partial charge >= 0.3 is 0 Å². The van der Waals surface area contributed by atoms with Gasteiger partial charge in [-0.3, -0.25) is 10.1 Å². The highest BCUT2D eigenvalue weighted by atomic mass is 16.2. The number of carbonyl (C=O) groups is 1. The Hall–Kier alpha value is -1.35. The monoisotopic (exact) mass is 274 g/mol. The third-order valence-electron chi connectivity index (χ3n) is 4.10. The fourth-order valence-electron chi connectivity index (χ4n) is 2.86. The van der Waals surface area contributed by atoms with Gasteiger partial charge in [0.15, 0.2) is 0 Å². The topological polar surface area (TPSA) is 32.3 Å². The van der Waals surface area contributed by atoms with Crippen LogP contribution in [0.4, 0.5) is 0 Å². The van der Waals surface area contributed by atoms with Crippen molar-refractivity contribution >= 4 is 5.91 Å². The second-order valence-corrected chi connectivity index (χ2v) is 5.89. The number of hydrogen-bond donors (Lipinski definition) is 1. The summed E-state index contributed by atoms with van der Waals surface area (Å²) in [4.78, 5) is 14.4. The predicted octanol–water partition coefficient (Wildman–Crippen LogP) is 3.31. The molecule has 0 saturated carbocycles. The largest absolute Gasteiger partial charge is 0.322 e. The van der Waals surface area contributed by atoms with Crippen molar-refractivity contribution in [2.75, 3.05) is 6.54 Å². The Morgan fingerprint density at radius 2 is 2.00 bits per heavy atom. The van der Waals surface area contributed by atoms with Crippen LogP contribution in [0.2, 0.25) is 0 Å². The number of hydrogen-bond acceptors (Lipinski definition) is 2. The van der Waals surface area contributed by atoms with Gasteiger partial charge in [0, 0.05) is 6.54 Å². The molecule has 0 aliphatic carbocycles. The van der Waals surface area contributed by atoms with Crippen LogP contribution in [-0.4, -0.2) is 23.4 Å². The van der Waals surface area contributed by atoms with Gasteiger partial charge in [-0.05, 0) is 38.3 Å². The van der Waals surface area contributed by atoms with Gasteiger partial charge in [0.1, 0.15) is 6.17 Å². The first-order valence-electron chi connectivity index (χ1n) is 7.68. The fourth-order valence-corrected chi connectivity index (χ4v) is 2.86. The number of nitrogens with zero attached hydrogens (tertiary/aromatic N) is 1. The summed E-state index contributed by atoms with van der Waals surface area (Å²) in [5.74, 6) is 0.229. The molecule has 1 aromatic carbocycles. The van der Waals surface area contributed by atoms with Crippen molar-refractivity contribution in [2.24, 2.45) is 0 Å². The molecular weight excluding hydrogens is 248 g/mol. The van der Waals surface area contributed by atoms with Gasteiger partial charge in [0.2, 0.25) is 5.91 Å². The Bertz CT molecular complexity index is 484. The van der Waals surface area contributed by atoms with Gasteiger partial charge in [-0.15, -0.1) is 0 Å². The molecule has 1 aliphatic heterocycles. The number of benzene rings is 1. The normalized spacial score (nSPS) is 22.6. The first-order valence-corrected chi connectivity index (χ1v) is 7.68. The van der Waals surface area contributed by atoms with Crippen molar-refractivity contribution in [3.63, 3.8) is 0 Å². The number of aryl methyl sites for hydroxylation is 2. The van der Waals surface area contributed by atoms with Gasteiger partial charge in [-0.25, -0.2) is 0 Å². The second-order valence-electron chi connectivity index (χ2n) is 5.89. The van der Waals surface area contributed by atoms with E-state index < -0.39 is 0 Å². The third kappa shape index (κ3) is 3.04. The van der Waals surface area contributed by atoms with Crippen molar-refractivity contribution in [2.45, 2.75) is 59.2 Å². The maximum absolute atomic E-state index is 12.3.